The Hall–Kier alpha value is -1.22. The lowest BCUT2D eigenvalue weighted by Gasteiger charge is -2.13. The lowest BCUT2D eigenvalue weighted by atomic mass is 10.3. The van der Waals surface area contributed by atoms with Crippen molar-refractivity contribution in [3.63, 3.8) is 0 Å². The maximum atomic E-state index is 9.42. The quantitative estimate of drug-likeness (QED) is 0.854. The number of aliphatic hydroxyl groups is 1. The number of rotatable bonds is 5. The summed E-state index contributed by atoms with van der Waals surface area (Å²) in [6.07, 6.45) is 3.52. The SMILES string of the molecule is CCCOc1ccc(OC2CCC(O)C2)cc1. The molecule has 1 N–H and O–H groups in total. The van der Waals surface area contributed by atoms with Gasteiger partial charge in [0.15, 0.2) is 0 Å². The van der Waals surface area contributed by atoms with Crippen molar-refractivity contribution in [2.24, 2.45) is 0 Å². The molecule has 0 aromatic heterocycles. The summed E-state index contributed by atoms with van der Waals surface area (Å²) in [5.41, 5.74) is 0. The van der Waals surface area contributed by atoms with E-state index in [2.05, 4.69) is 6.92 Å². The van der Waals surface area contributed by atoms with Crippen LogP contribution in [0, 0.1) is 0 Å². The molecule has 1 saturated carbocycles. The molecule has 1 aliphatic rings. The fraction of sp³-hybridized carbons (Fsp3) is 0.571. The minimum atomic E-state index is -0.188. The van der Waals surface area contributed by atoms with Crippen LogP contribution < -0.4 is 9.47 Å². The molecule has 0 saturated heterocycles. The Morgan fingerprint density at radius 1 is 1.18 bits per heavy atom. The summed E-state index contributed by atoms with van der Waals surface area (Å²) in [7, 11) is 0. The first-order valence-corrected chi connectivity index (χ1v) is 6.35. The first kappa shape index (κ1) is 12.2. The van der Waals surface area contributed by atoms with Crippen molar-refractivity contribution < 1.29 is 14.6 Å². The van der Waals surface area contributed by atoms with Gasteiger partial charge in [-0.05, 0) is 43.5 Å². The van der Waals surface area contributed by atoms with E-state index in [1.54, 1.807) is 0 Å². The Balaban J connectivity index is 1.85. The highest BCUT2D eigenvalue weighted by atomic mass is 16.5. The zero-order valence-corrected chi connectivity index (χ0v) is 10.3. The normalized spacial score (nSPS) is 23.6. The largest absolute Gasteiger partial charge is 0.494 e. The van der Waals surface area contributed by atoms with Gasteiger partial charge in [-0.3, -0.25) is 0 Å². The lowest BCUT2D eigenvalue weighted by molar-refractivity contribution is 0.149. The van der Waals surface area contributed by atoms with Crippen LogP contribution in [0.4, 0.5) is 0 Å². The zero-order valence-electron chi connectivity index (χ0n) is 10.3. The van der Waals surface area contributed by atoms with Crippen molar-refractivity contribution in [3.8, 4) is 11.5 Å². The van der Waals surface area contributed by atoms with E-state index >= 15 is 0 Å². The number of aliphatic hydroxyl groups excluding tert-OH is 1. The molecule has 2 unspecified atom stereocenters. The Morgan fingerprint density at radius 2 is 1.88 bits per heavy atom. The molecule has 0 radical (unpaired) electrons. The van der Waals surface area contributed by atoms with Gasteiger partial charge in [-0.2, -0.15) is 0 Å². The smallest absolute Gasteiger partial charge is 0.119 e. The van der Waals surface area contributed by atoms with E-state index in [0.717, 1.165) is 43.8 Å². The molecule has 3 nitrogen and oxygen atoms in total. The molecular weight excluding hydrogens is 216 g/mol. The maximum Gasteiger partial charge on any atom is 0.119 e. The monoisotopic (exact) mass is 236 g/mol. The number of benzene rings is 1. The summed E-state index contributed by atoms with van der Waals surface area (Å²) < 4.78 is 11.3. The maximum absolute atomic E-state index is 9.42. The highest BCUT2D eigenvalue weighted by molar-refractivity contribution is 5.31. The van der Waals surface area contributed by atoms with Crippen LogP contribution in [-0.4, -0.2) is 23.9 Å². The Bertz CT molecular complexity index is 334. The van der Waals surface area contributed by atoms with Gasteiger partial charge in [0, 0.05) is 6.42 Å². The molecule has 1 aliphatic carbocycles. The van der Waals surface area contributed by atoms with E-state index in [0.29, 0.717) is 0 Å². The minimum absolute atomic E-state index is 0.160. The molecule has 1 fully saturated rings. The number of ether oxygens (including phenoxy) is 2. The van der Waals surface area contributed by atoms with Gasteiger partial charge in [0.1, 0.15) is 17.6 Å². The number of hydrogen-bond donors (Lipinski definition) is 1. The van der Waals surface area contributed by atoms with E-state index < -0.39 is 0 Å². The van der Waals surface area contributed by atoms with Crippen LogP contribution >= 0.6 is 0 Å². The van der Waals surface area contributed by atoms with Gasteiger partial charge in [-0.1, -0.05) is 6.92 Å². The summed E-state index contributed by atoms with van der Waals surface area (Å²) in [6.45, 7) is 2.83. The van der Waals surface area contributed by atoms with Gasteiger partial charge in [0.2, 0.25) is 0 Å². The summed E-state index contributed by atoms with van der Waals surface area (Å²) in [6, 6.07) is 7.71. The summed E-state index contributed by atoms with van der Waals surface area (Å²) in [5, 5.41) is 9.42. The molecule has 2 atom stereocenters. The molecule has 17 heavy (non-hydrogen) atoms. The van der Waals surface area contributed by atoms with Gasteiger partial charge in [-0.25, -0.2) is 0 Å². The summed E-state index contributed by atoms with van der Waals surface area (Å²) >= 11 is 0. The third-order valence-corrected chi connectivity index (χ3v) is 2.96. The molecule has 2 rings (SSSR count). The average molecular weight is 236 g/mol. The predicted molar refractivity (Wildman–Crippen MR) is 66.5 cm³/mol. The first-order chi connectivity index (χ1) is 8.28. The van der Waals surface area contributed by atoms with Crippen molar-refractivity contribution in [3.05, 3.63) is 24.3 Å². The molecule has 94 valence electrons. The molecular formula is C14H20O3. The van der Waals surface area contributed by atoms with Crippen molar-refractivity contribution in [1.29, 1.82) is 0 Å². The van der Waals surface area contributed by atoms with Crippen LogP contribution in [0.25, 0.3) is 0 Å². The van der Waals surface area contributed by atoms with Gasteiger partial charge in [0.25, 0.3) is 0 Å². The number of hydrogen-bond acceptors (Lipinski definition) is 3. The van der Waals surface area contributed by atoms with Crippen LogP contribution in [0.1, 0.15) is 32.6 Å². The Morgan fingerprint density at radius 3 is 2.47 bits per heavy atom. The van der Waals surface area contributed by atoms with Crippen molar-refractivity contribution in [1.82, 2.24) is 0 Å². The highest BCUT2D eigenvalue weighted by Crippen LogP contribution is 2.25. The standard InChI is InChI=1S/C14H20O3/c1-2-9-16-12-5-7-13(8-6-12)17-14-4-3-11(15)10-14/h5-8,11,14-15H,2-4,9-10H2,1H3. The van der Waals surface area contributed by atoms with Gasteiger partial charge >= 0.3 is 0 Å². The molecule has 1 aromatic rings. The first-order valence-electron chi connectivity index (χ1n) is 6.35. The fourth-order valence-corrected chi connectivity index (χ4v) is 2.05. The van der Waals surface area contributed by atoms with Crippen LogP contribution in [-0.2, 0) is 0 Å². The van der Waals surface area contributed by atoms with Crippen molar-refractivity contribution in [2.75, 3.05) is 6.61 Å². The van der Waals surface area contributed by atoms with Crippen LogP contribution in [0.2, 0.25) is 0 Å². The molecule has 0 amide bonds. The van der Waals surface area contributed by atoms with Crippen molar-refractivity contribution >= 4 is 0 Å². The minimum Gasteiger partial charge on any atom is -0.494 e. The van der Waals surface area contributed by atoms with Crippen molar-refractivity contribution in [2.45, 2.75) is 44.8 Å². The third-order valence-electron chi connectivity index (χ3n) is 2.96. The zero-order chi connectivity index (χ0) is 12.1. The second-order valence-electron chi connectivity index (χ2n) is 4.53. The Kier molecular flexibility index (Phi) is 4.26. The van der Waals surface area contributed by atoms with Crippen LogP contribution in [0.3, 0.4) is 0 Å². The molecule has 0 aliphatic heterocycles. The fourth-order valence-electron chi connectivity index (χ4n) is 2.05. The van der Waals surface area contributed by atoms with E-state index in [-0.39, 0.29) is 12.2 Å². The van der Waals surface area contributed by atoms with Gasteiger partial charge in [-0.15, -0.1) is 0 Å². The highest BCUT2D eigenvalue weighted by Gasteiger charge is 2.24. The predicted octanol–water partition coefficient (Wildman–Crippen LogP) is 2.77. The van der Waals surface area contributed by atoms with E-state index in [1.807, 2.05) is 24.3 Å². The lowest BCUT2D eigenvalue weighted by Crippen LogP contribution is -2.13. The second-order valence-corrected chi connectivity index (χ2v) is 4.53. The summed E-state index contributed by atoms with van der Waals surface area (Å²) in [4.78, 5) is 0. The second kappa shape index (κ2) is 5.92. The summed E-state index contributed by atoms with van der Waals surface area (Å²) in [5.74, 6) is 1.73. The third kappa shape index (κ3) is 3.63. The van der Waals surface area contributed by atoms with Crippen LogP contribution in [0.5, 0.6) is 11.5 Å². The van der Waals surface area contributed by atoms with Gasteiger partial charge in [0.05, 0.1) is 12.7 Å². The molecule has 0 spiro atoms. The Labute approximate surface area is 102 Å². The molecule has 1 aromatic carbocycles. The van der Waals surface area contributed by atoms with Gasteiger partial charge < -0.3 is 14.6 Å². The topological polar surface area (TPSA) is 38.7 Å². The average Bonchev–Trinajstić information content (AvgIpc) is 2.74. The van der Waals surface area contributed by atoms with E-state index in [9.17, 15) is 5.11 Å². The van der Waals surface area contributed by atoms with E-state index in [1.165, 1.54) is 0 Å². The molecule has 0 heterocycles. The van der Waals surface area contributed by atoms with Crippen LogP contribution in [0.15, 0.2) is 24.3 Å². The van der Waals surface area contributed by atoms with E-state index in [4.69, 9.17) is 9.47 Å². The molecule has 0 bridgehead atoms. The molecule has 3 heteroatoms.